The highest BCUT2D eigenvalue weighted by Crippen LogP contribution is 2.29. The number of aromatic hydroxyl groups is 1. The Labute approximate surface area is 89.9 Å². The maximum atomic E-state index is 9.09. The Morgan fingerprint density at radius 3 is 2.53 bits per heavy atom. The summed E-state index contributed by atoms with van der Waals surface area (Å²) in [5.74, 6) is 1.66. The van der Waals surface area contributed by atoms with E-state index in [0.29, 0.717) is 12.5 Å². The molecule has 1 aliphatic rings. The summed E-state index contributed by atoms with van der Waals surface area (Å²) in [4.78, 5) is 0. The van der Waals surface area contributed by atoms with Crippen LogP contribution < -0.4 is 10.5 Å². The van der Waals surface area contributed by atoms with Gasteiger partial charge in [-0.2, -0.15) is 0 Å². The lowest BCUT2D eigenvalue weighted by Gasteiger charge is -2.30. The van der Waals surface area contributed by atoms with Crippen LogP contribution in [0.3, 0.4) is 0 Å². The number of phenols is 1. The standard InChI is InChI=1S/C12H17NO2/c13-12(9-2-1-3-9)8-15-11-6-4-10(14)5-7-11/h4-7,9,12,14H,1-3,8,13H2. The van der Waals surface area contributed by atoms with E-state index in [-0.39, 0.29) is 11.8 Å². The molecule has 0 aromatic heterocycles. The van der Waals surface area contributed by atoms with Gasteiger partial charge in [-0.15, -0.1) is 0 Å². The molecule has 0 saturated heterocycles. The number of benzene rings is 1. The highest BCUT2D eigenvalue weighted by molar-refractivity contribution is 5.30. The van der Waals surface area contributed by atoms with E-state index in [1.807, 2.05) is 0 Å². The molecule has 1 aliphatic carbocycles. The maximum Gasteiger partial charge on any atom is 0.119 e. The summed E-state index contributed by atoms with van der Waals surface area (Å²) in [7, 11) is 0. The molecule has 0 aliphatic heterocycles. The van der Waals surface area contributed by atoms with E-state index in [1.165, 1.54) is 19.3 Å². The van der Waals surface area contributed by atoms with Crippen molar-refractivity contribution in [3.63, 3.8) is 0 Å². The fourth-order valence-electron chi connectivity index (χ4n) is 1.74. The van der Waals surface area contributed by atoms with E-state index in [4.69, 9.17) is 15.6 Å². The molecule has 0 amide bonds. The number of nitrogens with two attached hydrogens (primary N) is 1. The lowest BCUT2D eigenvalue weighted by atomic mass is 9.80. The molecule has 1 unspecified atom stereocenters. The number of rotatable bonds is 4. The predicted octanol–water partition coefficient (Wildman–Crippen LogP) is 1.90. The van der Waals surface area contributed by atoms with Gasteiger partial charge in [0, 0.05) is 6.04 Å². The van der Waals surface area contributed by atoms with Crippen molar-refractivity contribution in [3.05, 3.63) is 24.3 Å². The molecule has 3 heteroatoms. The third kappa shape index (κ3) is 2.63. The largest absolute Gasteiger partial charge is 0.508 e. The van der Waals surface area contributed by atoms with Crippen LogP contribution in [0.15, 0.2) is 24.3 Å². The zero-order chi connectivity index (χ0) is 10.7. The second-order valence-electron chi connectivity index (χ2n) is 4.16. The Morgan fingerprint density at radius 1 is 1.33 bits per heavy atom. The normalized spacial score (nSPS) is 18.2. The van der Waals surface area contributed by atoms with Crippen LogP contribution >= 0.6 is 0 Å². The summed E-state index contributed by atoms with van der Waals surface area (Å²) in [6, 6.07) is 6.88. The summed E-state index contributed by atoms with van der Waals surface area (Å²) in [6.07, 6.45) is 3.78. The average Bonchev–Trinajstić information content (AvgIpc) is 2.14. The Morgan fingerprint density at radius 2 is 2.00 bits per heavy atom. The summed E-state index contributed by atoms with van der Waals surface area (Å²) < 4.78 is 5.54. The highest BCUT2D eigenvalue weighted by Gasteiger charge is 2.24. The third-order valence-corrected chi connectivity index (χ3v) is 3.03. The van der Waals surface area contributed by atoms with Crippen LogP contribution in [-0.4, -0.2) is 17.8 Å². The molecule has 15 heavy (non-hydrogen) atoms. The van der Waals surface area contributed by atoms with Gasteiger partial charge in [0.2, 0.25) is 0 Å². The molecule has 82 valence electrons. The van der Waals surface area contributed by atoms with Gasteiger partial charge >= 0.3 is 0 Å². The number of ether oxygens (including phenoxy) is 1. The van der Waals surface area contributed by atoms with Crippen LogP contribution in [0.5, 0.6) is 11.5 Å². The quantitative estimate of drug-likeness (QED) is 0.792. The fraction of sp³-hybridized carbons (Fsp3) is 0.500. The van der Waals surface area contributed by atoms with Gasteiger partial charge in [-0.25, -0.2) is 0 Å². The summed E-state index contributed by atoms with van der Waals surface area (Å²) >= 11 is 0. The molecule has 3 N–H and O–H groups in total. The molecule has 1 aromatic rings. The van der Waals surface area contributed by atoms with Crippen molar-refractivity contribution >= 4 is 0 Å². The van der Waals surface area contributed by atoms with Gasteiger partial charge in [0.15, 0.2) is 0 Å². The lowest BCUT2D eigenvalue weighted by Crippen LogP contribution is -2.39. The topological polar surface area (TPSA) is 55.5 Å². The SMILES string of the molecule is NC(COc1ccc(O)cc1)C1CCC1. The second-order valence-corrected chi connectivity index (χ2v) is 4.16. The minimum Gasteiger partial charge on any atom is -0.508 e. The molecule has 0 heterocycles. The Bertz CT molecular complexity index is 306. The molecule has 2 rings (SSSR count). The first-order valence-corrected chi connectivity index (χ1v) is 5.43. The zero-order valence-electron chi connectivity index (χ0n) is 8.73. The van der Waals surface area contributed by atoms with Gasteiger partial charge in [-0.3, -0.25) is 0 Å². The van der Waals surface area contributed by atoms with Crippen LogP contribution in [0, 0.1) is 5.92 Å². The fourth-order valence-corrected chi connectivity index (χ4v) is 1.74. The van der Waals surface area contributed by atoms with E-state index >= 15 is 0 Å². The molecular formula is C12H17NO2. The van der Waals surface area contributed by atoms with Gasteiger partial charge in [-0.05, 0) is 43.0 Å². The Hall–Kier alpha value is -1.22. The van der Waals surface area contributed by atoms with Crippen LogP contribution in [0.1, 0.15) is 19.3 Å². The van der Waals surface area contributed by atoms with Crippen LogP contribution in [0.25, 0.3) is 0 Å². The smallest absolute Gasteiger partial charge is 0.119 e. The highest BCUT2D eigenvalue weighted by atomic mass is 16.5. The maximum absolute atomic E-state index is 9.09. The van der Waals surface area contributed by atoms with E-state index in [2.05, 4.69) is 0 Å². The predicted molar refractivity (Wildman–Crippen MR) is 58.9 cm³/mol. The van der Waals surface area contributed by atoms with E-state index in [1.54, 1.807) is 24.3 Å². The van der Waals surface area contributed by atoms with Crippen molar-refractivity contribution in [1.82, 2.24) is 0 Å². The molecule has 0 radical (unpaired) electrons. The molecule has 1 saturated carbocycles. The minimum absolute atomic E-state index is 0.146. The first kappa shape index (κ1) is 10.3. The Kier molecular flexibility index (Phi) is 3.11. The molecule has 3 nitrogen and oxygen atoms in total. The average molecular weight is 207 g/mol. The van der Waals surface area contributed by atoms with Crippen molar-refractivity contribution in [1.29, 1.82) is 0 Å². The molecule has 1 atom stereocenters. The summed E-state index contributed by atoms with van der Waals surface area (Å²) in [5, 5.41) is 9.09. The summed E-state index contributed by atoms with van der Waals surface area (Å²) in [6.45, 7) is 0.565. The lowest BCUT2D eigenvalue weighted by molar-refractivity contribution is 0.189. The first-order chi connectivity index (χ1) is 7.25. The molecule has 0 bridgehead atoms. The van der Waals surface area contributed by atoms with E-state index in [0.717, 1.165) is 5.75 Å². The van der Waals surface area contributed by atoms with E-state index < -0.39 is 0 Å². The number of phenolic OH excluding ortho intramolecular Hbond substituents is 1. The molecule has 1 fully saturated rings. The number of hydrogen-bond donors (Lipinski definition) is 2. The van der Waals surface area contributed by atoms with Crippen molar-refractivity contribution < 1.29 is 9.84 Å². The Balaban J connectivity index is 1.79. The minimum atomic E-state index is 0.146. The van der Waals surface area contributed by atoms with Gasteiger partial charge in [0.25, 0.3) is 0 Å². The van der Waals surface area contributed by atoms with Gasteiger partial charge in [0.1, 0.15) is 18.1 Å². The molecular weight excluding hydrogens is 190 g/mol. The van der Waals surface area contributed by atoms with Gasteiger partial charge in [0.05, 0.1) is 0 Å². The third-order valence-electron chi connectivity index (χ3n) is 3.03. The first-order valence-electron chi connectivity index (χ1n) is 5.43. The van der Waals surface area contributed by atoms with Gasteiger partial charge in [-0.1, -0.05) is 6.42 Å². The monoisotopic (exact) mass is 207 g/mol. The molecule has 0 spiro atoms. The van der Waals surface area contributed by atoms with Gasteiger partial charge < -0.3 is 15.6 Å². The van der Waals surface area contributed by atoms with Crippen molar-refractivity contribution in [2.45, 2.75) is 25.3 Å². The van der Waals surface area contributed by atoms with Crippen LogP contribution in [0.2, 0.25) is 0 Å². The van der Waals surface area contributed by atoms with Crippen LogP contribution in [-0.2, 0) is 0 Å². The summed E-state index contributed by atoms with van der Waals surface area (Å²) in [5.41, 5.74) is 5.98. The zero-order valence-corrected chi connectivity index (χ0v) is 8.73. The van der Waals surface area contributed by atoms with Crippen molar-refractivity contribution in [2.24, 2.45) is 11.7 Å². The van der Waals surface area contributed by atoms with E-state index in [9.17, 15) is 0 Å². The van der Waals surface area contributed by atoms with Crippen molar-refractivity contribution in [3.8, 4) is 11.5 Å². The van der Waals surface area contributed by atoms with Crippen molar-refractivity contribution in [2.75, 3.05) is 6.61 Å². The van der Waals surface area contributed by atoms with Crippen LogP contribution in [0.4, 0.5) is 0 Å². The second kappa shape index (κ2) is 4.53. The number of hydrogen-bond acceptors (Lipinski definition) is 3. The molecule has 1 aromatic carbocycles.